The zero-order valence-electron chi connectivity index (χ0n) is 10.9. The predicted molar refractivity (Wildman–Crippen MR) is 86.7 cm³/mol. The van der Waals surface area contributed by atoms with Crippen molar-refractivity contribution in [3.63, 3.8) is 0 Å². The maximum Gasteiger partial charge on any atom is 0.193 e. The first kappa shape index (κ1) is 14.1. The Balaban J connectivity index is 1.99. The molecule has 0 amide bonds. The molecule has 0 bridgehead atoms. The number of guanidine groups is 1. The highest BCUT2D eigenvalue weighted by atomic mass is 32.2. The van der Waals surface area contributed by atoms with Crippen molar-refractivity contribution in [3.8, 4) is 11.1 Å². The fraction of sp³-hybridized carbons (Fsp3) is 0.0667. The third-order valence-corrected chi connectivity index (χ3v) is 3.51. The molecule has 0 radical (unpaired) electrons. The average Bonchev–Trinajstić information content (AvgIpc) is 2.46. The standard InChI is InChI=1S/C15H16N4S/c16-14(17)19-15(18)20-10-11-6-8-13(9-7-11)12-4-2-1-3-5-12/h1-9H,10H2,(H5,16,17,18,19). The highest BCUT2D eigenvalue weighted by Gasteiger charge is 2.00. The van der Waals surface area contributed by atoms with E-state index in [0.29, 0.717) is 5.75 Å². The quantitative estimate of drug-likeness (QED) is 0.598. The maximum absolute atomic E-state index is 7.56. The zero-order chi connectivity index (χ0) is 14.4. The van der Waals surface area contributed by atoms with Crippen LogP contribution in [0.5, 0.6) is 0 Å². The van der Waals surface area contributed by atoms with Crippen molar-refractivity contribution in [3.05, 3.63) is 60.2 Å². The lowest BCUT2D eigenvalue weighted by Crippen LogP contribution is -2.23. The van der Waals surface area contributed by atoms with E-state index in [1.165, 1.54) is 22.9 Å². The van der Waals surface area contributed by atoms with E-state index < -0.39 is 0 Å². The predicted octanol–water partition coefficient (Wildman–Crippen LogP) is 2.79. The second-order valence-corrected chi connectivity index (χ2v) is 5.16. The first-order valence-electron chi connectivity index (χ1n) is 6.10. The van der Waals surface area contributed by atoms with Crippen molar-refractivity contribution in [2.45, 2.75) is 5.75 Å². The smallest absolute Gasteiger partial charge is 0.193 e. The molecule has 2 rings (SSSR count). The molecular weight excluding hydrogens is 268 g/mol. The Hall–Kier alpha value is -2.27. The average molecular weight is 284 g/mol. The van der Waals surface area contributed by atoms with Gasteiger partial charge in [-0.2, -0.15) is 4.99 Å². The maximum atomic E-state index is 7.56. The summed E-state index contributed by atoms with van der Waals surface area (Å²) in [6.45, 7) is 0. The van der Waals surface area contributed by atoms with Gasteiger partial charge < -0.3 is 11.5 Å². The summed E-state index contributed by atoms with van der Waals surface area (Å²) in [5.74, 6) is 0.590. The molecule has 0 aliphatic rings. The Bertz CT molecular complexity index is 602. The van der Waals surface area contributed by atoms with Gasteiger partial charge in [0.05, 0.1) is 0 Å². The third kappa shape index (κ3) is 4.13. The third-order valence-electron chi connectivity index (χ3n) is 2.67. The van der Waals surface area contributed by atoms with Gasteiger partial charge in [-0.1, -0.05) is 66.4 Å². The minimum atomic E-state index is -0.0816. The lowest BCUT2D eigenvalue weighted by molar-refractivity contribution is 1.40. The van der Waals surface area contributed by atoms with Gasteiger partial charge in [-0.15, -0.1) is 0 Å². The molecule has 0 unspecified atom stereocenters. The van der Waals surface area contributed by atoms with E-state index >= 15 is 0 Å². The van der Waals surface area contributed by atoms with E-state index in [9.17, 15) is 0 Å². The van der Waals surface area contributed by atoms with Gasteiger partial charge in [0.25, 0.3) is 0 Å². The van der Waals surface area contributed by atoms with Crippen LogP contribution in [-0.4, -0.2) is 11.1 Å². The van der Waals surface area contributed by atoms with Gasteiger partial charge in [0.15, 0.2) is 11.1 Å². The number of nitrogens with zero attached hydrogens (tertiary/aromatic N) is 1. The van der Waals surface area contributed by atoms with Crippen LogP contribution in [-0.2, 0) is 5.75 Å². The zero-order valence-corrected chi connectivity index (χ0v) is 11.7. The van der Waals surface area contributed by atoms with E-state index in [0.717, 1.165) is 5.56 Å². The Morgan fingerprint density at radius 2 is 1.55 bits per heavy atom. The lowest BCUT2D eigenvalue weighted by atomic mass is 10.0. The van der Waals surface area contributed by atoms with Crippen molar-refractivity contribution in [2.24, 2.45) is 16.5 Å². The fourth-order valence-corrected chi connectivity index (χ4v) is 2.39. The van der Waals surface area contributed by atoms with E-state index in [4.69, 9.17) is 16.9 Å². The lowest BCUT2D eigenvalue weighted by Gasteiger charge is -2.04. The summed E-state index contributed by atoms with van der Waals surface area (Å²) < 4.78 is 0. The topological polar surface area (TPSA) is 88.2 Å². The molecule has 2 aromatic rings. The summed E-state index contributed by atoms with van der Waals surface area (Å²) in [5, 5.41) is 7.68. The molecule has 0 atom stereocenters. The molecule has 4 nitrogen and oxygen atoms in total. The summed E-state index contributed by atoms with van der Waals surface area (Å²) in [5.41, 5.74) is 13.9. The number of aliphatic imine (C=N–C) groups is 1. The van der Waals surface area contributed by atoms with Crippen LogP contribution in [0.25, 0.3) is 11.1 Å². The minimum Gasteiger partial charge on any atom is -0.370 e. The number of thioether (sulfide) groups is 1. The van der Waals surface area contributed by atoms with Crippen molar-refractivity contribution < 1.29 is 0 Å². The molecule has 20 heavy (non-hydrogen) atoms. The van der Waals surface area contributed by atoms with Crippen LogP contribution in [0, 0.1) is 5.41 Å². The normalized spacial score (nSPS) is 10.0. The Labute approximate surface area is 122 Å². The molecule has 0 spiro atoms. The molecule has 5 heteroatoms. The number of nitrogens with two attached hydrogens (primary N) is 2. The molecule has 102 valence electrons. The van der Waals surface area contributed by atoms with E-state index in [-0.39, 0.29) is 11.1 Å². The highest BCUT2D eigenvalue weighted by Crippen LogP contribution is 2.21. The largest absolute Gasteiger partial charge is 0.370 e. The second-order valence-electron chi connectivity index (χ2n) is 4.19. The van der Waals surface area contributed by atoms with Crippen molar-refractivity contribution in [1.29, 1.82) is 5.41 Å². The molecule has 0 heterocycles. The summed E-state index contributed by atoms with van der Waals surface area (Å²) in [7, 11) is 0. The number of hydrogen-bond acceptors (Lipinski definition) is 2. The van der Waals surface area contributed by atoms with Crippen molar-refractivity contribution >= 4 is 22.9 Å². The van der Waals surface area contributed by atoms with Crippen LogP contribution in [0.1, 0.15) is 5.56 Å². The van der Waals surface area contributed by atoms with Gasteiger partial charge >= 0.3 is 0 Å². The number of benzene rings is 2. The Morgan fingerprint density at radius 1 is 0.950 bits per heavy atom. The molecule has 0 saturated carbocycles. The number of nitrogens with one attached hydrogen (secondary N) is 1. The van der Waals surface area contributed by atoms with Gasteiger partial charge in [0.1, 0.15) is 0 Å². The number of amidine groups is 1. The first-order chi connectivity index (χ1) is 9.65. The molecule has 0 aliphatic heterocycles. The van der Waals surface area contributed by atoms with Crippen LogP contribution >= 0.6 is 11.8 Å². The summed E-state index contributed by atoms with van der Waals surface area (Å²) >= 11 is 1.30. The van der Waals surface area contributed by atoms with Gasteiger partial charge in [0, 0.05) is 5.75 Å². The van der Waals surface area contributed by atoms with Crippen LogP contribution in [0.3, 0.4) is 0 Å². The second kappa shape index (κ2) is 6.77. The Kier molecular flexibility index (Phi) is 4.79. The molecule has 0 aliphatic carbocycles. The minimum absolute atomic E-state index is 0.0816. The highest BCUT2D eigenvalue weighted by molar-refractivity contribution is 8.13. The first-order valence-corrected chi connectivity index (χ1v) is 7.09. The van der Waals surface area contributed by atoms with Crippen LogP contribution in [0.15, 0.2) is 59.6 Å². The molecule has 5 N–H and O–H groups in total. The summed E-state index contributed by atoms with van der Waals surface area (Å²) in [6, 6.07) is 18.5. The number of rotatable bonds is 3. The SMILES string of the molecule is N=C(N=C(N)N)SCc1ccc(-c2ccccc2)cc1. The molecule has 0 saturated heterocycles. The van der Waals surface area contributed by atoms with E-state index in [1.54, 1.807) is 0 Å². The molecule has 2 aromatic carbocycles. The monoisotopic (exact) mass is 284 g/mol. The van der Waals surface area contributed by atoms with Crippen molar-refractivity contribution in [2.75, 3.05) is 0 Å². The van der Waals surface area contributed by atoms with Gasteiger partial charge in [-0.05, 0) is 16.7 Å². The molecule has 0 aromatic heterocycles. The van der Waals surface area contributed by atoms with E-state index in [1.807, 2.05) is 18.2 Å². The fourth-order valence-electron chi connectivity index (χ4n) is 1.73. The van der Waals surface area contributed by atoms with Crippen LogP contribution < -0.4 is 11.5 Å². The van der Waals surface area contributed by atoms with Gasteiger partial charge in [-0.3, -0.25) is 5.41 Å². The van der Waals surface area contributed by atoms with Crippen molar-refractivity contribution in [1.82, 2.24) is 0 Å². The summed E-state index contributed by atoms with van der Waals surface area (Å²) in [6.07, 6.45) is 0. The van der Waals surface area contributed by atoms with Gasteiger partial charge in [0.2, 0.25) is 0 Å². The molecular formula is C15H16N4S. The number of hydrogen-bond donors (Lipinski definition) is 3. The van der Waals surface area contributed by atoms with Gasteiger partial charge in [-0.25, -0.2) is 0 Å². The Morgan fingerprint density at radius 3 is 2.15 bits per heavy atom. The summed E-state index contributed by atoms with van der Waals surface area (Å²) in [4.78, 5) is 3.68. The van der Waals surface area contributed by atoms with Crippen LogP contribution in [0.2, 0.25) is 0 Å². The molecule has 0 fully saturated rings. The van der Waals surface area contributed by atoms with E-state index in [2.05, 4.69) is 41.4 Å². The van der Waals surface area contributed by atoms with Crippen LogP contribution in [0.4, 0.5) is 0 Å².